The highest BCUT2D eigenvalue weighted by molar-refractivity contribution is 5.82. The number of carbonyl (C=O) groups is 1. The van der Waals surface area contributed by atoms with Gasteiger partial charge in [-0.3, -0.25) is 4.79 Å². The van der Waals surface area contributed by atoms with Gasteiger partial charge in [-0.05, 0) is 61.9 Å². The van der Waals surface area contributed by atoms with Crippen LogP contribution in [0.4, 0.5) is 4.39 Å². The average Bonchev–Trinajstić information content (AvgIpc) is 3.14. The molecular formula is C16H21FN2O. The fourth-order valence-corrected chi connectivity index (χ4v) is 3.25. The topological polar surface area (TPSA) is 41.1 Å². The van der Waals surface area contributed by atoms with Crippen LogP contribution in [0.1, 0.15) is 30.4 Å². The lowest BCUT2D eigenvalue weighted by Crippen LogP contribution is -2.33. The number of hydrogen-bond donors (Lipinski definition) is 2. The molecule has 108 valence electrons. The van der Waals surface area contributed by atoms with Crippen LogP contribution in [-0.2, 0) is 11.3 Å². The minimum absolute atomic E-state index is 0.132. The third-order valence-electron chi connectivity index (χ3n) is 4.81. The molecule has 1 amide bonds. The minimum atomic E-state index is -0.210. The van der Waals surface area contributed by atoms with E-state index in [1.807, 2.05) is 6.07 Å². The Morgan fingerprint density at radius 1 is 1.45 bits per heavy atom. The Kier molecular flexibility index (Phi) is 3.50. The molecule has 1 saturated heterocycles. The first-order chi connectivity index (χ1) is 9.61. The summed E-state index contributed by atoms with van der Waals surface area (Å²) in [6, 6.07) is 5.12. The van der Waals surface area contributed by atoms with Gasteiger partial charge in [0.1, 0.15) is 5.82 Å². The summed E-state index contributed by atoms with van der Waals surface area (Å²) in [5.74, 6) is 0.0887. The van der Waals surface area contributed by atoms with Crippen molar-refractivity contribution in [1.82, 2.24) is 10.6 Å². The zero-order chi connectivity index (χ0) is 14.2. The Morgan fingerprint density at radius 3 is 2.90 bits per heavy atom. The number of hydrogen-bond acceptors (Lipinski definition) is 2. The molecule has 1 spiro atoms. The molecule has 0 bridgehead atoms. The van der Waals surface area contributed by atoms with Crippen molar-refractivity contribution >= 4 is 5.91 Å². The third-order valence-corrected chi connectivity index (χ3v) is 4.81. The van der Waals surface area contributed by atoms with Crippen LogP contribution < -0.4 is 10.6 Å². The van der Waals surface area contributed by atoms with Crippen LogP contribution in [0, 0.1) is 24.1 Å². The average molecular weight is 276 g/mol. The predicted octanol–water partition coefficient (Wildman–Crippen LogP) is 2.14. The molecule has 2 N–H and O–H groups in total. The van der Waals surface area contributed by atoms with E-state index in [9.17, 15) is 9.18 Å². The summed E-state index contributed by atoms with van der Waals surface area (Å²) in [6.07, 6.45) is 3.22. The number of aryl methyl sites for hydroxylation is 1. The summed E-state index contributed by atoms with van der Waals surface area (Å²) in [7, 11) is 0. The maximum absolute atomic E-state index is 13.4. The zero-order valence-electron chi connectivity index (χ0n) is 11.8. The van der Waals surface area contributed by atoms with Gasteiger partial charge in [0, 0.05) is 12.5 Å². The summed E-state index contributed by atoms with van der Waals surface area (Å²) in [5.41, 5.74) is 1.71. The van der Waals surface area contributed by atoms with Crippen LogP contribution >= 0.6 is 0 Å². The molecule has 3 nitrogen and oxygen atoms in total. The highest BCUT2D eigenvalue weighted by Crippen LogP contribution is 2.58. The second-order valence-electron chi connectivity index (χ2n) is 6.17. The summed E-state index contributed by atoms with van der Waals surface area (Å²) in [4.78, 5) is 12.2. The van der Waals surface area contributed by atoms with Crippen molar-refractivity contribution < 1.29 is 9.18 Å². The van der Waals surface area contributed by atoms with Crippen LogP contribution in [0.5, 0.6) is 0 Å². The lowest BCUT2D eigenvalue weighted by atomic mass is 9.92. The molecule has 1 heterocycles. The summed E-state index contributed by atoms with van der Waals surface area (Å²) in [6.45, 7) is 4.20. The van der Waals surface area contributed by atoms with Gasteiger partial charge in [-0.1, -0.05) is 12.1 Å². The Labute approximate surface area is 118 Å². The van der Waals surface area contributed by atoms with Gasteiger partial charge in [0.2, 0.25) is 5.91 Å². The molecule has 1 atom stereocenters. The van der Waals surface area contributed by atoms with Gasteiger partial charge in [0.25, 0.3) is 0 Å². The molecule has 2 aliphatic rings. The van der Waals surface area contributed by atoms with E-state index < -0.39 is 0 Å². The van der Waals surface area contributed by atoms with E-state index in [1.54, 1.807) is 13.0 Å². The molecule has 1 aliphatic carbocycles. The second kappa shape index (κ2) is 5.17. The normalized spacial score (nSPS) is 23.6. The van der Waals surface area contributed by atoms with E-state index in [0.717, 1.165) is 37.9 Å². The van der Waals surface area contributed by atoms with Gasteiger partial charge in [-0.2, -0.15) is 0 Å². The largest absolute Gasteiger partial charge is 0.352 e. The van der Waals surface area contributed by atoms with Gasteiger partial charge < -0.3 is 10.6 Å². The van der Waals surface area contributed by atoms with Gasteiger partial charge in [0.15, 0.2) is 0 Å². The van der Waals surface area contributed by atoms with Crippen LogP contribution in [0.2, 0.25) is 0 Å². The Hall–Kier alpha value is -1.42. The standard InChI is InChI=1S/C16H21FN2O/c1-11-2-3-12(8-14(11)17)10-19-15(20)13-9-16(13)4-6-18-7-5-16/h2-3,8,13,18H,4-7,9-10H2,1H3,(H,19,20). The van der Waals surface area contributed by atoms with E-state index in [1.165, 1.54) is 6.07 Å². The number of benzene rings is 1. The molecular weight excluding hydrogens is 255 g/mol. The van der Waals surface area contributed by atoms with Gasteiger partial charge in [0.05, 0.1) is 0 Å². The fraction of sp³-hybridized carbons (Fsp3) is 0.562. The first kappa shape index (κ1) is 13.6. The van der Waals surface area contributed by atoms with Crippen LogP contribution in [0.25, 0.3) is 0 Å². The van der Waals surface area contributed by atoms with Crippen molar-refractivity contribution in [3.8, 4) is 0 Å². The number of amides is 1. The quantitative estimate of drug-likeness (QED) is 0.888. The predicted molar refractivity (Wildman–Crippen MR) is 75.6 cm³/mol. The van der Waals surface area contributed by atoms with Gasteiger partial charge >= 0.3 is 0 Å². The molecule has 0 radical (unpaired) electrons. The molecule has 3 rings (SSSR count). The lowest BCUT2D eigenvalue weighted by molar-refractivity contribution is -0.123. The van der Waals surface area contributed by atoms with E-state index in [-0.39, 0.29) is 23.1 Å². The smallest absolute Gasteiger partial charge is 0.223 e. The van der Waals surface area contributed by atoms with Gasteiger partial charge in [-0.25, -0.2) is 4.39 Å². The molecule has 0 aromatic heterocycles. The summed E-state index contributed by atoms with van der Waals surface area (Å²) < 4.78 is 13.4. The number of halogens is 1. The number of piperidine rings is 1. The molecule has 1 aromatic carbocycles. The van der Waals surface area contributed by atoms with Crippen LogP contribution in [-0.4, -0.2) is 19.0 Å². The van der Waals surface area contributed by atoms with Crippen molar-refractivity contribution in [3.05, 3.63) is 35.1 Å². The zero-order valence-corrected chi connectivity index (χ0v) is 11.8. The minimum Gasteiger partial charge on any atom is -0.352 e. The van der Waals surface area contributed by atoms with Crippen LogP contribution in [0.3, 0.4) is 0 Å². The van der Waals surface area contributed by atoms with Crippen molar-refractivity contribution in [2.75, 3.05) is 13.1 Å². The molecule has 1 saturated carbocycles. The second-order valence-corrected chi connectivity index (χ2v) is 6.17. The molecule has 20 heavy (non-hydrogen) atoms. The highest BCUT2D eigenvalue weighted by atomic mass is 19.1. The first-order valence-corrected chi connectivity index (χ1v) is 7.34. The number of nitrogens with one attached hydrogen (secondary N) is 2. The molecule has 2 fully saturated rings. The molecule has 1 aromatic rings. The third kappa shape index (κ3) is 2.57. The number of carbonyl (C=O) groups excluding carboxylic acids is 1. The monoisotopic (exact) mass is 276 g/mol. The van der Waals surface area contributed by atoms with Crippen molar-refractivity contribution in [2.45, 2.75) is 32.7 Å². The van der Waals surface area contributed by atoms with Crippen molar-refractivity contribution in [2.24, 2.45) is 11.3 Å². The SMILES string of the molecule is Cc1ccc(CNC(=O)C2CC23CCNCC3)cc1F. The number of rotatable bonds is 3. The Balaban J connectivity index is 1.54. The molecule has 1 unspecified atom stereocenters. The maximum Gasteiger partial charge on any atom is 0.223 e. The molecule has 1 aliphatic heterocycles. The van der Waals surface area contributed by atoms with E-state index in [2.05, 4.69) is 10.6 Å². The maximum atomic E-state index is 13.4. The summed E-state index contributed by atoms with van der Waals surface area (Å²) >= 11 is 0. The lowest BCUT2D eigenvalue weighted by Gasteiger charge is -2.23. The summed E-state index contributed by atoms with van der Waals surface area (Å²) in [5, 5.41) is 6.29. The van der Waals surface area contributed by atoms with Crippen LogP contribution in [0.15, 0.2) is 18.2 Å². The Morgan fingerprint density at radius 2 is 2.20 bits per heavy atom. The highest BCUT2D eigenvalue weighted by Gasteiger charge is 2.57. The molecule has 4 heteroatoms. The van der Waals surface area contributed by atoms with Gasteiger partial charge in [-0.15, -0.1) is 0 Å². The van der Waals surface area contributed by atoms with E-state index >= 15 is 0 Å². The first-order valence-electron chi connectivity index (χ1n) is 7.34. The Bertz CT molecular complexity index is 523. The van der Waals surface area contributed by atoms with Crippen molar-refractivity contribution in [3.63, 3.8) is 0 Å². The van der Waals surface area contributed by atoms with E-state index in [4.69, 9.17) is 0 Å². The van der Waals surface area contributed by atoms with Crippen molar-refractivity contribution in [1.29, 1.82) is 0 Å². The van der Waals surface area contributed by atoms with E-state index in [0.29, 0.717) is 12.1 Å². The fourth-order valence-electron chi connectivity index (χ4n) is 3.25.